The molecule has 3 N–H and O–H groups in total. The van der Waals surface area contributed by atoms with Gasteiger partial charge in [-0.05, 0) is 19.1 Å². The maximum atomic E-state index is 11.8. The Kier molecular flexibility index (Phi) is 3.50. The monoisotopic (exact) mass is 271 g/mol. The van der Waals surface area contributed by atoms with Crippen molar-refractivity contribution < 1.29 is 17.4 Å². The van der Waals surface area contributed by atoms with E-state index >= 15 is 0 Å². The van der Waals surface area contributed by atoms with Gasteiger partial charge in [-0.25, -0.2) is 13.1 Å². The van der Waals surface area contributed by atoms with E-state index < -0.39 is 10.0 Å². The first kappa shape index (κ1) is 12.8. The van der Waals surface area contributed by atoms with Crippen LogP contribution < -0.4 is 10.5 Å². The molecular weight excluding hydrogens is 258 g/mol. The van der Waals surface area contributed by atoms with Crippen LogP contribution in [-0.2, 0) is 23.1 Å². The minimum atomic E-state index is -3.70. The Morgan fingerprint density at radius 1 is 1.39 bits per heavy atom. The Morgan fingerprint density at radius 2 is 2.17 bits per heavy atom. The van der Waals surface area contributed by atoms with Crippen LogP contribution in [0.2, 0.25) is 0 Å². The summed E-state index contributed by atoms with van der Waals surface area (Å²) in [5.74, 6) is 0.840. The molecule has 0 atom stereocenters. The van der Waals surface area contributed by atoms with Crippen molar-refractivity contribution in [3.05, 3.63) is 35.4 Å². The fourth-order valence-electron chi connectivity index (χ4n) is 1.35. The molecule has 98 valence electrons. The predicted octanol–water partition coefficient (Wildman–Crippen LogP) is 0.513. The van der Waals surface area contributed by atoms with E-state index in [0.29, 0.717) is 17.2 Å². The van der Waals surface area contributed by atoms with Gasteiger partial charge in [0.15, 0.2) is 5.76 Å². The van der Waals surface area contributed by atoms with Crippen LogP contribution in [0.15, 0.2) is 32.2 Å². The summed E-state index contributed by atoms with van der Waals surface area (Å²) in [6.45, 7) is 1.92. The molecule has 0 bridgehead atoms. The van der Waals surface area contributed by atoms with Crippen LogP contribution in [0.4, 0.5) is 0 Å². The van der Waals surface area contributed by atoms with Crippen LogP contribution in [0.3, 0.4) is 0 Å². The third kappa shape index (κ3) is 2.78. The summed E-state index contributed by atoms with van der Waals surface area (Å²) >= 11 is 0. The fourth-order valence-corrected chi connectivity index (χ4v) is 2.29. The molecule has 0 aromatic carbocycles. The standard InChI is InChI=1S/C10H13N3O4S/c1-7-4-9(17-13-7)6-12-18(14,15)10-3-2-8(5-11)16-10/h2-4,12H,5-6,11H2,1H3. The second kappa shape index (κ2) is 4.92. The van der Waals surface area contributed by atoms with Crippen molar-refractivity contribution in [1.82, 2.24) is 9.88 Å². The Balaban J connectivity index is 2.07. The highest BCUT2D eigenvalue weighted by molar-refractivity contribution is 7.89. The lowest BCUT2D eigenvalue weighted by molar-refractivity contribution is 0.374. The molecule has 0 radical (unpaired) electrons. The minimum Gasteiger partial charge on any atom is -0.447 e. The zero-order valence-electron chi connectivity index (χ0n) is 9.71. The van der Waals surface area contributed by atoms with Gasteiger partial charge in [-0.3, -0.25) is 0 Å². The number of nitrogens with one attached hydrogen (secondary N) is 1. The predicted molar refractivity (Wildman–Crippen MR) is 61.9 cm³/mol. The maximum absolute atomic E-state index is 11.8. The van der Waals surface area contributed by atoms with E-state index in [2.05, 4.69) is 9.88 Å². The van der Waals surface area contributed by atoms with E-state index in [-0.39, 0.29) is 18.2 Å². The molecule has 0 amide bonds. The lowest BCUT2D eigenvalue weighted by Gasteiger charge is -2.01. The van der Waals surface area contributed by atoms with Gasteiger partial charge in [0, 0.05) is 6.07 Å². The van der Waals surface area contributed by atoms with Gasteiger partial charge < -0.3 is 14.7 Å². The zero-order chi connectivity index (χ0) is 13.2. The van der Waals surface area contributed by atoms with E-state index in [9.17, 15) is 8.42 Å². The highest BCUT2D eigenvalue weighted by Gasteiger charge is 2.19. The average molecular weight is 271 g/mol. The molecule has 2 heterocycles. The summed E-state index contributed by atoms with van der Waals surface area (Å²) in [7, 11) is -3.70. The molecule has 0 aliphatic carbocycles. The van der Waals surface area contributed by atoms with Crippen molar-refractivity contribution in [3.8, 4) is 0 Å². The number of aromatic nitrogens is 1. The first-order valence-electron chi connectivity index (χ1n) is 5.22. The van der Waals surface area contributed by atoms with Crippen LogP contribution in [0.25, 0.3) is 0 Å². The smallest absolute Gasteiger partial charge is 0.274 e. The van der Waals surface area contributed by atoms with Crippen molar-refractivity contribution in [2.24, 2.45) is 5.73 Å². The van der Waals surface area contributed by atoms with Crippen molar-refractivity contribution in [3.63, 3.8) is 0 Å². The first-order chi connectivity index (χ1) is 8.51. The number of nitrogens with zero attached hydrogens (tertiary/aromatic N) is 1. The van der Waals surface area contributed by atoms with Crippen molar-refractivity contribution in [2.75, 3.05) is 0 Å². The van der Waals surface area contributed by atoms with Crippen LogP contribution in [0.1, 0.15) is 17.2 Å². The molecule has 0 saturated heterocycles. The van der Waals surface area contributed by atoms with Crippen LogP contribution in [-0.4, -0.2) is 13.6 Å². The van der Waals surface area contributed by atoms with E-state index in [1.54, 1.807) is 13.0 Å². The molecule has 7 nitrogen and oxygen atoms in total. The number of aryl methyl sites for hydroxylation is 1. The SMILES string of the molecule is Cc1cc(CNS(=O)(=O)c2ccc(CN)o2)on1. The summed E-state index contributed by atoms with van der Waals surface area (Å²) < 4.78 is 36.0. The van der Waals surface area contributed by atoms with Crippen molar-refractivity contribution >= 4 is 10.0 Å². The summed E-state index contributed by atoms with van der Waals surface area (Å²) in [5, 5.41) is 3.49. The molecule has 0 saturated carbocycles. The fraction of sp³-hybridized carbons (Fsp3) is 0.300. The number of furan rings is 1. The van der Waals surface area contributed by atoms with Gasteiger partial charge in [0.05, 0.1) is 18.8 Å². The van der Waals surface area contributed by atoms with Crippen LogP contribution >= 0.6 is 0 Å². The van der Waals surface area contributed by atoms with Gasteiger partial charge >= 0.3 is 0 Å². The highest BCUT2D eigenvalue weighted by Crippen LogP contribution is 2.14. The topological polar surface area (TPSA) is 111 Å². The van der Waals surface area contributed by atoms with Gasteiger partial charge in [-0.1, -0.05) is 5.16 Å². The maximum Gasteiger partial charge on any atom is 0.274 e. The van der Waals surface area contributed by atoms with E-state index in [0.717, 1.165) is 0 Å². The number of sulfonamides is 1. The Labute approximate surface area is 104 Å². The molecular formula is C10H13N3O4S. The number of rotatable bonds is 5. The highest BCUT2D eigenvalue weighted by atomic mass is 32.2. The van der Waals surface area contributed by atoms with E-state index in [4.69, 9.17) is 14.7 Å². The second-order valence-electron chi connectivity index (χ2n) is 3.68. The van der Waals surface area contributed by atoms with E-state index in [1.807, 2.05) is 0 Å². The van der Waals surface area contributed by atoms with Crippen molar-refractivity contribution in [2.45, 2.75) is 25.1 Å². The summed E-state index contributed by atoms with van der Waals surface area (Å²) in [5.41, 5.74) is 6.03. The Hall–Kier alpha value is -1.64. The first-order valence-corrected chi connectivity index (χ1v) is 6.70. The number of hydrogen-bond acceptors (Lipinski definition) is 6. The summed E-state index contributed by atoms with van der Waals surface area (Å²) in [6.07, 6.45) is 0. The molecule has 8 heteroatoms. The molecule has 0 aliphatic rings. The molecule has 2 aromatic heterocycles. The largest absolute Gasteiger partial charge is 0.447 e. The van der Waals surface area contributed by atoms with Gasteiger partial charge in [0.25, 0.3) is 10.0 Å². The lowest BCUT2D eigenvalue weighted by Crippen LogP contribution is -2.22. The third-order valence-electron chi connectivity index (χ3n) is 2.22. The molecule has 2 rings (SSSR count). The minimum absolute atomic E-state index is 0.0157. The quantitative estimate of drug-likeness (QED) is 0.819. The number of hydrogen-bond donors (Lipinski definition) is 2. The number of nitrogens with two attached hydrogens (primary N) is 1. The normalized spacial score (nSPS) is 11.9. The molecule has 0 unspecified atom stereocenters. The van der Waals surface area contributed by atoms with Gasteiger partial charge in [0.1, 0.15) is 5.76 Å². The Bertz CT molecular complexity index is 629. The van der Waals surface area contributed by atoms with Gasteiger partial charge in [-0.15, -0.1) is 0 Å². The third-order valence-corrected chi connectivity index (χ3v) is 3.49. The molecule has 0 spiro atoms. The zero-order valence-corrected chi connectivity index (χ0v) is 10.5. The van der Waals surface area contributed by atoms with Gasteiger partial charge in [0.2, 0.25) is 5.09 Å². The van der Waals surface area contributed by atoms with Gasteiger partial charge in [-0.2, -0.15) is 0 Å². The Morgan fingerprint density at radius 3 is 2.72 bits per heavy atom. The lowest BCUT2D eigenvalue weighted by atomic mass is 10.4. The van der Waals surface area contributed by atoms with Crippen molar-refractivity contribution in [1.29, 1.82) is 0 Å². The summed E-state index contributed by atoms with van der Waals surface area (Å²) in [6, 6.07) is 4.53. The molecule has 0 aliphatic heterocycles. The molecule has 18 heavy (non-hydrogen) atoms. The van der Waals surface area contributed by atoms with E-state index in [1.165, 1.54) is 12.1 Å². The van der Waals surface area contributed by atoms with Crippen LogP contribution in [0, 0.1) is 6.92 Å². The summed E-state index contributed by atoms with van der Waals surface area (Å²) in [4.78, 5) is 0. The second-order valence-corrected chi connectivity index (χ2v) is 5.38. The molecule has 0 fully saturated rings. The molecule has 2 aromatic rings. The average Bonchev–Trinajstić information content (AvgIpc) is 2.95. The van der Waals surface area contributed by atoms with Crippen LogP contribution in [0.5, 0.6) is 0 Å².